The first-order chi connectivity index (χ1) is 30.9. The van der Waals surface area contributed by atoms with E-state index in [0.717, 1.165) is 0 Å². The van der Waals surface area contributed by atoms with Gasteiger partial charge in [-0.3, -0.25) is 9.59 Å². The van der Waals surface area contributed by atoms with Crippen LogP contribution in [0.5, 0.6) is 0 Å². The number of para-hydroxylation sites is 1. The Morgan fingerprint density at radius 1 is 0.976 bits per heavy atom. The van der Waals surface area contributed by atoms with Crippen molar-refractivity contribution in [2.24, 2.45) is 0 Å². The van der Waals surface area contributed by atoms with Gasteiger partial charge in [0.15, 0.2) is 0 Å². The smallest absolute Gasteiger partial charge is 0.305 e. The van der Waals surface area contributed by atoms with Crippen LogP contribution in [0, 0.1) is 5.82 Å². The van der Waals surface area contributed by atoms with E-state index in [1.807, 2.05) is 0 Å². The standard InChI is InChI=1S/C33H35FN2O5/c1-21(2)31-30(33(41)35-25-11-7-4-8-12-25)29(22-9-5-3-6-10-22)32(23-13-15-24(34)16-14-23)36(31)18-17-26(37)19-27(38)20-28(39)40/h3-16,21,26-27,37-38H,17-20H2,1-2H3,(H,35,41)(H,39,40)/t26-,27-/m0/s1/i1D3,2D3,3D,4D,5D,6D,7D,8D,9D,10D,11D,12D,13D,14D,15D,16D,17D2,18D2,19D,21D,26D,27D/t19?,26-,27-. The Morgan fingerprint density at radius 3 is 2.22 bits per heavy atom. The number of nitrogens with zero attached hydrogens (tertiary/aromatic N) is 1. The third-order valence-electron chi connectivity index (χ3n) is 4.89. The Labute approximate surface area is 278 Å². The minimum absolute atomic E-state index is 0.805. The van der Waals surface area contributed by atoms with E-state index in [2.05, 4.69) is 0 Å². The van der Waals surface area contributed by atoms with Crippen molar-refractivity contribution >= 4 is 17.6 Å². The number of rotatable bonds is 12. The van der Waals surface area contributed by atoms with Gasteiger partial charge in [-0.15, -0.1) is 0 Å². The highest BCUT2D eigenvalue weighted by Crippen LogP contribution is 2.42. The molecule has 214 valence electrons. The number of hydrogen-bond donors (Lipinski definition) is 4. The molecule has 4 rings (SSSR count). The summed E-state index contributed by atoms with van der Waals surface area (Å²) in [5, 5.41) is 33.1. The summed E-state index contributed by atoms with van der Waals surface area (Å²) < 4.78 is 254. The second kappa shape index (κ2) is 13.4. The fraction of sp³-hybridized carbons (Fsp3) is 0.273. The lowest BCUT2D eigenvalue weighted by Gasteiger charge is -2.20. The Kier molecular flexibility index (Phi) is 3.34. The van der Waals surface area contributed by atoms with E-state index in [0.29, 0.717) is 0 Å². The van der Waals surface area contributed by atoms with E-state index in [1.165, 1.54) is 0 Å². The van der Waals surface area contributed by atoms with Crippen LogP contribution in [-0.2, 0) is 11.3 Å². The molecule has 0 radical (unpaired) electrons. The van der Waals surface area contributed by atoms with Crippen LogP contribution in [0.15, 0.2) is 84.6 Å². The maximum Gasteiger partial charge on any atom is 0.305 e. The largest absolute Gasteiger partial charge is 0.481 e. The van der Waals surface area contributed by atoms with Gasteiger partial charge in [0, 0.05) is 39.9 Å². The maximum atomic E-state index is 15.4. The number of nitrogens with one attached hydrogen (secondary N) is 1. The predicted octanol–water partition coefficient (Wildman–Crippen LogP) is 6.31. The van der Waals surface area contributed by atoms with E-state index >= 15 is 9.18 Å². The van der Waals surface area contributed by atoms with Gasteiger partial charge in [-0.1, -0.05) is 62.0 Å². The molecule has 0 aliphatic carbocycles. The fourth-order valence-corrected chi connectivity index (χ4v) is 3.41. The van der Waals surface area contributed by atoms with E-state index in [1.54, 1.807) is 5.32 Å². The number of aliphatic carboxylic acids is 1. The van der Waals surface area contributed by atoms with Gasteiger partial charge in [0.05, 0.1) is 51.8 Å². The number of carboxylic acid groups (broad SMARTS) is 1. The first-order valence-electron chi connectivity index (χ1n) is 25.1. The summed E-state index contributed by atoms with van der Waals surface area (Å²) in [5.74, 6) is -11.3. The molecule has 1 amide bonds. The van der Waals surface area contributed by atoms with Crippen LogP contribution < -0.4 is 5.32 Å². The second-order valence-electron chi connectivity index (χ2n) is 7.63. The summed E-state index contributed by atoms with van der Waals surface area (Å²) >= 11 is 0. The van der Waals surface area contributed by atoms with Crippen molar-refractivity contribution in [1.82, 2.24) is 4.57 Å². The van der Waals surface area contributed by atoms with Crippen molar-refractivity contribution in [3.63, 3.8) is 0 Å². The van der Waals surface area contributed by atoms with Gasteiger partial charge in [-0.25, -0.2) is 4.39 Å². The lowest BCUT2D eigenvalue weighted by Crippen LogP contribution is -2.22. The molecule has 1 unspecified atom stereocenters. The van der Waals surface area contributed by atoms with Crippen LogP contribution in [0.1, 0.15) is 93.2 Å². The van der Waals surface area contributed by atoms with Crippen molar-refractivity contribution in [3.8, 4) is 22.4 Å². The third kappa shape index (κ3) is 7.28. The minimum Gasteiger partial charge on any atom is -0.481 e. The Morgan fingerprint density at radius 2 is 1.61 bits per heavy atom. The van der Waals surface area contributed by atoms with Crippen molar-refractivity contribution in [2.45, 2.75) is 57.4 Å². The molecule has 4 aromatic rings. The topological polar surface area (TPSA) is 112 Å². The highest BCUT2D eigenvalue weighted by molar-refractivity contribution is 6.12. The zero-order valence-electron chi connectivity index (χ0n) is 48.3. The highest BCUT2D eigenvalue weighted by Gasteiger charge is 2.31. The van der Waals surface area contributed by atoms with Crippen molar-refractivity contribution in [3.05, 3.63) is 102 Å². The monoisotopic (exact) mass is 586 g/mol. The molecule has 4 N–H and O–H groups in total. The molecule has 0 saturated heterocycles. The number of carbonyl (C=O) groups excluding carboxylic acids is 1. The second-order valence-corrected chi connectivity index (χ2v) is 7.63. The number of aliphatic hydroxyl groups is 2. The summed E-state index contributed by atoms with van der Waals surface area (Å²) in [6, 6.07) is -20.5. The number of benzene rings is 3. The fourth-order valence-electron chi connectivity index (χ4n) is 3.41. The molecule has 3 aromatic carbocycles. The molecule has 0 aliphatic rings. The molecule has 1 aromatic heterocycles. The number of amides is 1. The number of hydrogen-bond acceptors (Lipinski definition) is 4. The van der Waals surface area contributed by atoms with E-state index < -0.39 is 204 Å². The summed E-state index contributed by atoms with van der Waals surface area (Å²) in [7, 11) is 0. The van der Waals surface area contributed by atoms with Crippen LogP contribution in [-0.4, -0.2) is 43.9 Å². The summed E-state index contributed by atoms with van der Waals surface area (Å²) in [4.78, 5) is 26.8. The van der Waals surface area contributed by atoms with Crippen LogP contribution in [0.2, 0.25) is 0 Å². The van der Waals surface area contributed by atoms with Gasteiger partial charge < -0.3 is 25.2 Å². The van der Waals surface area contributed by atoms with E-state index in [9.17, 15) is 24.2 Å². The lowest BCUT2D eigenvalue weighted by molar-refractivity contribution is -0.139. The molecular formula is C33H35FN2O5. The predicted molar refractivity (Wildman–Crippen MR) is 157 cm³/mol. The van der Waals surface area contributed by atoms with Crippen LogP contribution in [0.4, 0.5) is 10.1 Å². The molecule has 1 heterocycles. The Bertz CT molecular complexity index is 2720. The normalized spacial score (nSPS) is 26.4. The molecular weight excluding hydrogens is 523 g/mol. The Hall–Kier alpha value is -4.27. The van der Waals surface area contributed by atoms with Gasteiger partial charge >= 0.3 is 5.97 Å². The van der Waals surface area contributed by atoms with Gasteiger partial charge in [-0.05, 0) is 66.0 Å². The van der Waals surface area contributed by atoms with E-state index in [-0.39, 0.29) is 0 Å². The zero-order valence-corrected chi connectivity index (χ0v) is 20.3. The summed E-state index contributed by atoms with van der Waals surface area (Å²) in [6.07, 6.45) is -19.4. The van der Waals surface area contributed by atoms with Gasteiger partial charge in [0.25, 0.3) is 5.91 Å². The molecule has 0 spiro atoms. The molecule has 0 fully saturated rings. The van der Waals surface area contributed by atoms with Gasteiger partial charge in [0.1, 0.15) is 5.82 Å². The van der Waals surface area contributed by atoms with Gasteiger partial charge in [-0.2, -0.15) is 0 Å². The molecule has 0 bridgehead atoms. The molecule has 0 saturated carbocycles. The summed E-state index contributed by atoms with van der Waals surface area (Å²) in [5.41, 5.74) is -12.8. The van der Waals surface area contributed by atoms with Crippen LogP contribution >= 0.6 is 0 Å². The quantitative estimate of drug-likeness (QED) is 0.155. The van der Waals surface area contributed by atoms with Gasteiger partial charge in [0.2, 0.25) is 0 Å². The van der Waals surface area contributed by atoms with Crippen molar-refractivity contribution in [1.29, 1.82) is 0 Å². The number of aromatic nitrogens is 1. The van der Waals surface area contributed by atoms with E-state index in [4.69, 9.17) is 34.3 Å². The highest BCUT2D eigenvalue weighted by atomic mass is 19.1. The lowest BCUT2D eigenvalue weighted by atomic mass is 9.94. The number of carbonyl (C=O) groups is 2. The summed E-state index contributed by atoms with van der Waals surface area (Å²) in [6.45, 7) is -14.3. The molecule has 8 heteroatoms. The Balaban J connectivity index is 2.69. The van der Waals surface area contributed by atoms with Crippen molar-refractivity contribution in [2.75, 3.05) is 5.32 Å². The van der Waals surface area contributed by atoms with Crippen LogP contribution in [0.3, 0.4) is 0 Å². The van der Waals surface area contributed by atoms with Crippen molar-refractivity contribution < 1.29 is 67.7 Å². The molecule has 3 atom stereocenters. The minimum atomic E-state index is -5.05. The number of anilines is 1. The molecule has 41 heavy (non-hydrogen) atoms. The van der Waals surface area contributed by atoms with Crippen LogP contribution in [0.25, 0.3) is 22.4 Å². The first kappa shape index (κ1) is 10.2. The maximum absolute atomic E-state index is 15.4. The average Bonchev–Trinajstić information content (AvgIpc) is 3.57. The average molecular weight is 587 g/mol. The molecule has 0 aliphatic heterocycles. The molecule has 7 nitrogen and oxygen atoms in total. The number of halogens is 1. The number of carboxylic acids is 1. The first-order valence-corrected chi connectivity index (χ1v) is 11.0. The zero-order chi connectivity index (χ0) is 53.9. The SMILES string of the molecule is [2H]c1c([2H])c([2H])c(NC(=O)c2c(-c3c([2H])c([2H])c([2H])c([2H])c3[2H])c(-c3c([2H])c([2H])c(F)c([2H])c3[2H])n(C([2H])([2H])C([2H])([2H])[C@]([2H])(O)C([2H])[C@]([2H])(O)CC(=O)O)c2C([2H])(C([2H])([2H])[2H])C([2H])([2H])[2H])c([2H])c1[2H]. The third-order valence-corrected chi connectivity index (χ3v) is 4.89.